The van der Waals surface area contributed by atoms with Crippen molar-refractivity contribution >= 4 is 30.4 Å². The van der Waals surface area contributed by atoms with Crippen LogP contribution in [0.3, 0.4) is 0 Å². The molecule has 496 valence electrons. The molecule has 1 aliphatic carbocycles. The van der Waals surface area contributed by atoms with Crippen molar-refractivity contribution in [2.75, 3.05) is 106 Å². The first kappa shape index (κ1) is 75.4. The van der Waals surface area contributed by atoms with Crippen molar-refractivity contribution in [2.45, 2.75) is 184 Å². The topological polar surface area (TPSA) is 179 Å². The summed E-state index contributed by atoms with van der Waals surface area (Å²) in [4.78, 5) is 0. The van der Waals surface area contributed by atoms with Gasteiger partial charge in [0.2, 0.25) is 0 Å². The van der Waals surface area contributed by atoms with Gasteiger partial charge < -0.3 is 55.1 Å². The first-order chi connectivity index (χ1) is 41.2. The minimum absolute atomic E-state index is 0.161. The normalized spacial score (nSPS) is 16.0. The van der Waals surface area contributed by atoms with Crippen LogP contribution >= 0.6 is 30.4 Å². The maximum absolute atomic E-state index is 13.7. The number of ether oxygens (including phenoxy) is 4. The zero-order valence-electron chi connectivity index (χ0n) is 57.1. The van der Waals surface area contributed by atoms with Gasteiger partial charge in [0.05, 0.1) is 77.5 Å². The number of hydrogen-bond donors (Lipinski definition) is 0. The summed E-state index contributed by atoms with van der Waals surface area (Å²) in [6.45, 7) is 35.6. The standard InChI is InChI=1S/C68H108O16P4/c1-21-81-85(69,73-17)33-25-29-77-61-49-37-51-43-58(66(8,9)10)45-53(62(51)78-30-26-34-86(70,74-18)82-22-2)39-55-47-60(68(14,15)16)48-56(64(55)80-32-28-36-88(72,76-20)84-24-4)40-54-46-59(67(11,12)13)44-52(38-50(61)42-57(41-49)65(5,6)7)63(54)79-31-27-35-87(71,75-19)83-23-3/h41-48H,21-40H2,1-20H3. The molecule has 0 radical (unpaired) electrons. The van der Waals surface area contributed by atoms with E-state index in [1.165, 1.54) is 28.4 Å². The summed E-state index contributed by atoms with van der Waals surface area (Å²) in [5.74, 6) is 2.78. The maximum atomic E-state index is 13.7. The lowest BCUT2D eigenvalue weighted by Gasteiger charge is -2.29. The third kappa shape index (κ3) is 21.4. The molecule has 0 fully saturated rings. The molecule has 0 aliphatic heterocycles. The van der Waals surface area contributed by atoms with Crippen LogP contribution in [0.4, 0.5) is 0 Å². The molecule has 4 aromatic carbocycles. The predicted octanol–water partition coefficient (Wildman–Crippen LogP) is 18.1. The molecule has 8 bridgehead atoms. The Morgan fingerprint density at radius 2 is 0.466 bits per heavy atom. The summed E-state index contributed by atoms with van der Waals surface area (Å²) in [7, 11) is -7.86. The molecule has 4 unspecified atom stereocenters. The summed E-state index contributed by atoms with van der Waals surface area (Å²) in [6.07, 6.45) is 3.73. The molecule has 0 amide bonds. The summed E-state index contributed by atoms with van der Waals surface area (Å²) < 4.78 is 128. The molecule has 0 saturated carbocycles. The molecular formula is C68H108O16P4. The van der Waals surface area contributed by atoms with Crippen LogP contribution in [0.2, 0.25) is 0 Å². The largest absolute Gasteiger partial charge is 0.493 e. The van der Waals surface area contributed by atoms with Gasteiger partial charge in [-0.05, 0) is 142 Å². The fourth-order valence-electron chi connectivity index (χ4n) is 10.7. The second-order valence-corrected chi connectivity index (χ2v) is 35.9. The molecule has 5 rings (SSSR count). The zero-order valence-corrected chi connectivity index (χ0v) is 60.7. The molecule has 0 saturated heterocycles. The highest BCUT2D eigenvalue weighted by molar-refractivity contribution is 7.54. The van der Waals surface area contributed by atoms with Crippen LogP contribution in [0.1, 0.15) is 203 Å². The Balaban J connectivity index is 1.98. The third-order valence-corrected chi connectivity index (χ3v) is 24.0. The first-order valence-corrected chi connectivity index (χ1v) is 38.4. The van der Waals surface area contributed by atoms with E-state index in [0.717, 1.165) is 66.8 Å². The number of benzene rings is 4. The van der Waals surface area contributed by atoms with Crippen molar-refractivity contribution in [1.82, 2.24) is 0 Å². The Bertz CT molecular complexity index is 2620. The van der Waals surface area contributed by atoms with E-state index < -0.39 is 30.4 Å². The van der Waals surface area contributed by atoms with E-state index in [4.69, 9.17) is 55.1 Å². The number of hydrogen-bond acceptors (Lipinski definition) is 16. The van der Waals surface area contributed by atoms with Gasteiger partial charge in [-0.3, -0.25) is 18.3 Å². The molecular weight excluding hydrogens is 1200 g/mol. The monoisotopic (exact) mass is 1300 g/mol. The molecule has 88 heavy (non-hydrogen) atoms. The zero-order chi connectivity index (χ0) is 65.5. The molecule has 0 spiro atoms. The van der Waals surface area contributed by atoms with Gasteiger partial charge in [0.15, 0.2) is 0 Å². The summed E-state index contributed by atoms with van der Waals surface area (Å²) >= 11 is 0. The maximum Gasteiger partial charge on any atom is 0.330 e. The van der Waals surface area contributed by atoms with Crippen molar-refractivity contribution < 1.29 is 73.4 Å². The van der Waals surface area contributed by atoms with Crippen LogP contribution < -0.4 is 18.9 Å². The van der Waals surface area contributed by atoms with Crippen LogP contribution in [-0.4, -0.2) is 106 Å². The highest BCUT2D eigenvalue weighted by atomic mass is 31.2. The second-order valence-electron chi connectivity index (χ2n) is 26.7. The minimum atomic E-state index is -3.39. The highest BCUT2D eigenvalue weighted by Gasteiger charge is 2.32. The average Bonchev–Trinajstić information content (AvgIpc) is 3.35. The van der Waals surface area contributed by atoms with Crippen LogP contribution in [0, 0.1) is 0 Å². The number of fused-ring (bicyclic) bond motifs is 8. The molecule has 4 aromatic rings. The minimum Gasteiger partial charge on any atom is -0.493 e. The van der Waals surface area contributed by atoms with Crippen LogP contribution in [0.25, 0.3) is 0 Å². The molecule has 0 N–H and O–H groups in total. The Morgan fingerprint density at radius 3 is 0.591 bits per heavy atom. The lowest BCUT2D eigenvalue weighted by molar-refractivity contribution is 0.238. The molecule has 0 heterocycles. The van der Waals surface area contributed by atoms with Crippen LogP contribution in [0.15, 0.2) is 48.5 Å². The first-order valence-electron chi connectivity index (χ1n) is 31.5. The highest BCUT2D eigenvalue weighted by Crippen LogP contribution is 2.52. The van der Waals surface area contributed by atoms with E-state index in [1.54, 1.807) is 27.7 Å². The molecule has 4 atom stereocenters. The van der Waals surface area contributed by atoms with Gasteiger partial charge in [0.1, 0.15) is 23.0 Å². The van der Waals surface area contributed by atoms with Crippen molar-refractivity contribution in [3.63, 3.8) is 0 Å². The molecule has 16 nitrogen and oxygen atoms in total. The molecule has 0 aromatic heterocycles. The van der Waals surface area contributed by atoms with Crippen molar-refractivity contribution in [2.24, 2.45) is 0 Å². The summed E-state index contributed by atoms with van der Waals surface area (Å²) in [5, 5.41) is 0. The van der Waals surface area contributed by atoms with E-state index in [0.29, 0.717) is 74.4 Å². The quantitative estimate of drug-likeness (QED) is 0.0293. The summed E-state index contributed by atoms with van der Waals surface area (Å²) in [5.41, 5.74) is 10.6. The Morgan fingerprint density at radius 1 is 0.307 bits per heavy atom. The smallest absolute Gasteiger partial charge is 0.330 e. The van der Waals surface area contributed by atoms with E-state index in [9.17, 15) is 18.3 Å². The lowest BCUT2D eigenvalue weighted by Crippen LogP contribution is -2.18. The van der Waals surface area contributed by atoms with Crippen molar-refractivity contribution in [1.29, 1.82) is 0 Å². The van der Waals surface area contributed by atoms with Crippen LogP contribution in [-0.2, 0) is 102 Å². The van der Waals surface area contributed by atoms with Gasteiger partial charge in [0, 0.05) is 54.1 Å². The van der Waals surface area contributed by atoms with E-state index in [-0.39, 0.29) is 99.2 Å². The van der Waals surface area contributed by atoms with Crippen molar-refractivity contribution in [3.8, 4) is 23.0 Å². The second kappa shape index (κ2) is 32.5. The van der Waals surface area contributed by atoms with Crippen molar-refractivity contribution in [3.05, 3.63) is 115 Å². The fraction of sp³-hybridized carbons (Fsp3) is 0.647. The van der Waals surface area contributed by atoms with Gasteiger partial charge in [-0.2, -0.15) is 0 Å². The van der Waals surface area contributed by atoms with Gasteiger partial charge >= 0.3 is 30.4 Å². The van der Waals surface area contributed by atoms with E-state index >= 15 is 0 Å². The Kier molecular flexibility index (Phi) is 27.8. The van der Waals surface area contributed by atoms with Gasteiger partial charge in [-0.25, -0.2) is 0 Å². The Labute approximate surface area is 529 Å². The van der Waals surface area contributed by atoms with Gasteiger partial charge in [-0.15, -0.1) is 0 Å². The molecule has 20 heteroatoms. The lowest BCUT2D eigenvalue weighted by atomic mass is 9.79. The summed E-state index contributed by atoms with van der Waals surface area (Å²) in [6, 6.07) is 18.0. The Hall–Kier alpha value is -3.32. The van der Waals surface area contributed by atoms with E-state index in [2.05, 4.69) is 132 Å². The van der Waals surface area contributed by atoms with Gasteiger partial charge in [0.25, 0.3) is 0 Å². The van der Waals surface area contributed by atoms with Crippen LogP contribution in [0.5, 0.6) is 23.0 Å². The third-order valence-electron chi connectivity index (χ3n) is 15.7. The SMILES string of the molecule is CCOP(=O)(CCCOc1c2cc(C(C)(C)C)cc1Cc1cc(C(C)(C)C)cc(c1OCCCP(=O)(OC)OCC)Cc1cc(C(C)(C)C)cc(c1OCCCP(=O)(OC)OCC)Cc1cc(C(C)(C)C)cc(c1OCCCP(=O)(OC)OCC)C2)OC. The number of rotatable bonds is 32. The molecule has 1 aliphatic rings. The fourth-order valence-corrected chi connectivity index (χ4v) is 16.0. The average molecular weight is 1310 g/mol. The van der Waals surface area contributed by atoms with Gasteiger partial charge in [-0.1, -0.05) is 132 Å². The van der Waals surface area contributed by atoms with E-state index in [1.807, 2.05) is 0 Å². The predicted molar refractivity (Wildman–Crippen MR) is 357 cm³/mol.